The van der Waals surface area contributed by atoms with Crippen molar-refractivity contribution in [1.82, 2.24) is 4.98 Å². The van der Waals surface area contributed by atoms with Crippen LogP contribution in [0.5, 0.6) is 0 Å². The lowest BCUT2D eigenvalue weighted by atomic mass is 10.1. The summed E-state index contributed by atoms with van der Waals surface area (Å²) in [5.74, 6) is 1.05. The van der Waals surface area contributed by atoms with Crippen LogP contribution in [0.1, 0.15) is 5.56 Å². The van der Waals surface area contributed by atoms with Gasteiger partial charge in [0.05, 0.1) is 5.02 Å². The topological polar surface area (TPSA) is 12.9 Å². The Balaban J connectivity index is 1.62. The number of nitrogens with zero attached hydrogens (tertiary/aromatic N) is 1. The van der Waals surface area contributed by atoms with Gasteiger partial charge >= 0.3 is 0 Å². The molecule has 0 saturated heterocycles. The first-order valence-corrected chi connectivity index (χ1v) is 8.05. The van der Waals surface area contributed by atoms with Crippen molar-refractivity contribution in [3.05, 3.63) is 53.2 Å². The zero-order chi connectivity index (χ0) is 12.4. The van der Waals surface area contributed by atoms with E-state index in [9.17, 15) is 0 Å². The largest absolute Gasteiger partial charge is 0.248 e. The molecule has 1 aromatic carbocycles. The maximum absolute atomic E-state index is 6.11. The normalized spacial score (nSPS) is 17.7. The van der Waals surface area contributed by atoms with E-state index in [0.29, 0.717) is 5.25 Å². The number of thioether (sulfide) groups is 2. The lowest BCUT2D eigenvalue weighted by molar-refractivity contribution is 0.967. The van der Waals surface area contributed by atoms with Gasteiger partial charge in [-0.15, -0.1) is 23.5 Å². The minimum Gasteiger partial charge on any atom is -0.248 e. The van der Waals surface area contributed by atoms with Gasteiger partial charge in [-0.25, -0.2) is 4.98 Å². The van der Waals surface area contributed by atoms with Crippen molar-refractivity contribution >= 4 is 35.1 Å². The first-order valence-electron chi connectivity index (χ1n) is 5.81. The molecule has 1 nitrogen and oxygen atoms in total. The van der Waals surface area contributed by atoms with Crippen LogP contribution in [0.2, 0.25) is 5.02 Å². The number of aromatic nitrogens is 1. The molecule has 18 heavy (non-hydrogen) atoms. The Labute approximate surface area is 120 Å². The molecular weight excluding hydrogens is 282 g/mol. The molecule has 0 N–H and O–H groups in total. The van der Waals surface area contributed by atoms with Crippen molar-refractivity contribution in [2.45, 2.75) is 21.6 Å². The highest BCUT2D eigenvalue weighted by molar-refractivity contribution is 8.03. The quantitative estimate of drug-likeness (QED) is 0.771. The molecule has 0 saturated carbocycles. The number of fused-ring (bicyclic) bond motifs is 1. The van der Waals surface area contributed by atoms with E-state index in [4.69, 9.17) is 11.6 Å². The average molecular weight is 294 g/mol. The number of benzene rings is 1. The highest BCUT2D eigenvalue weighted by atomic mass is 35.5. The van der Waals surface area contributed by atoms with Crippen molar-refractivity contribution in [3.63, 3.8) is 0 Å². The van der Waals surface area contributed by atoms with E-state index in [2.05, 4.69) is 29.2 Å². The summed E-state index contributed by atoms with van der Waals surface area (Å²) in [5, 5.41) is 2.32. The Hall–Kier alpha value is -0.640. The van der Waals surface area contributed by atoms with Gasteiger partial charge < -0.3 is 0 Å². The van der Waals surface area contributed by atoms with E-state index < -0.39 is 0 Å². The molecule has 0 fully saturated rings. The second-order valence-electron chi connectivity index (χ2n) is 4.15. The van der Waals surface area contributed by atoms with Crippen molar-refractivity contribution in [3.8, 4) is 0 Å². The third kappa shape index (κ3) is 2.68. The summed E-state index contributed by atoms with van der Waals surface area (Å²) in [5.41, 5.74) is 1.47. The summed E-state index contributed by atoms with van der Waals surface area (Å²) in [7, 11) is 0. The molecule has 1 aromatic heterocycles. The number of pyridine rings is 1. The molecule has 3 rings (SSSR count). The van der Waals surface area contributed by atoms with E-state index in [0.717, 1.165) is 22.2 Å². The SMILES string of the molecule is Clc1cccnc1SCC1Cc2ccccc2S1. The molecule has 1 atom stereocenters. The highest BCUT2D eigenvalue weighted by Gasteiger charge is 2.22. The van der Waals surface area contributed by atoms with Gasteiger partial charge in [-0.3, -0.25) is 0 Å². The van der Waals surface area contributed by atoms with E-state index in [1.807, 2.05) is 23.9 Å². The van der Waals surface area contributed by atoms with Crippen molar-refractivity contribution in [1.29, 1.82) is 0 Å². The van der Waals surface area contributed by atoms with Crippen LogP contribution >= 0.6 is 35.1 Å². The molecule has 92 valence electrons. The predicted molar refractivity (Wildman–Crippen MR) is 79.8 cm³/mol. The molecular formula is C14H12ClNS2. The van der Waals surface area contributed by atoms with Crippen LogP contribution in [0, 0.1) is 0 Å². The fourth-order valence-electron chi connectivity index (χ4n) is 2.00. The van der Waals surface area contributed by atoms with E-state index >= 15 is 0 Å². The molecule has 0 spiro atoms. The molecule has 0 bridgehead atoms. The van der Waals surface area contributed by atoms with Crippen molar-refractivity contribution in [2.75, 3.05) is 5.75 Å². The van der Waals surface area contributed by atoms with Crippen molar-refractivity contribution < 1.29 is 0 Å². The maximum Gasteiger partial charge on any atom is 0.115 e. The Bertz CT molecular complexity index is 534. The minimum atomic E-state index is 0.630. The van der Waals surface area contributed by atoms with E-state index in [1.54, 1.807) is 18.0 Å². The second-order valence-corrected chi connectivity index (χ2v) is 6.91. The molecule has 4 heteroatoms. The van der Waals surface area contributed by atoms with Crippen LogP contribution in [-0.2, 0) is 6.42 Å². The van der Waals surface area contributed by atoms with Crippen LogP contribution < -0.4 is 0 Å². The standard InChI is InChI=1S/C14H12ClNS2/c15-12-5-3-7-16-14(12)17-9-11-8-10-4-1-2-6-13(10)18-11/h1-7,11H,8-9H2. The third-order valence-electron chi connectivity index (χ3n) is 2.84. The highest BCUT2D eigenvalue weighted by Crippen LogP contribution is 2.39. The van der Waals surface area contributed by atoms with Crippen LogP contribution in [0.15, 0.2) is 52.5 Å². The molecule has 1 aliphatic rings. The van der Waals surface area contributed by atoms with Crippen LogP contribution in [0.25, 0.3) is 0 Å². The first kappa shape index (κ1) is 12.4. The molecule has 1 unspecified atom stereocenters. The lowest BCUT2D eigenvalue weighted by Gasteiger charge is -2.07. The summed E-state index contributed by atoms with van der Waals surface area (Å²) in [6.45, 7) is 0. The van der Waals surface area contributed by atoms with Crippen LogP contribution in [0.3, 0.4) is 0 Å². The summed E-state index contributed by atoms with van der Waals surface area (Å²) in [6.07, 6.45) is 2.95. The second kappa shape index (κ2) is 5.55. The van der Waals surface area contributed by atoms with Crippen LogP contribution in [0.4, 0.5) is 0 Å². The fourth-order valence-corrected chi connectivity index (χ4v) is 4.64. The Morgan fingerprint density at radius 2 is 2.17 bits per heavy atom. The zero-order valence-electron chi connectivity index (χ0n) is 9.67. The maximum atomic E-state index is 6.11. The Kier molecular flexibility index (Phi) is 3.83. The molecule has 2 heterocycles. The molecule has 0 amide bonds. The zero-order valence-corrected chi connectivity index (χ0v) is 12.1. The lowest BCUT2D eigenvalue weighted by Crippen LogP contribution is -2.04. The summed E-state index contributed by atoms with van der Waals surface area (Å²) < 4.78 is 0. The van der Waals surface area contributed by atoms with E-state index in [1.165, 1.54) is 10.5 Å². The first-order chi connectivity index (χ1) is 8.83. The Morgan fingerprint density at radius 1 is 1.28 bits per heavy atom. The number of hydrogen-bond donors (Lipinski definition) is 0. The average Bonchev–Trinajstić information content (AvgIpc) is 2.80. The van der Waals surface area contributed by atoms with Gasteiger partial charge in [-0.2, -0.15) is 0 Å². The molecule has 1 aliphatic heterocycles. The van der Waals surface area contributed by atoms with Gasteiger partial charge in [0.1, 0.15) is 5.03 Å². The molecule has 0 radical (unpaired) electrons. The van der Waals surface area contributed by atoms with Crippen LogP contribution in [-0.4, -0.2) is 16.0 Å². The monoisotopic (exact) mass is 293 g/mol. The summed E-state index contributed by atoms with van der Waals surface area (Å²) >= 11 is 9.83. The third-order valence-corrected chi connectivity index (χ3v) is 5.96. The van der Waals surface area contributed by atoms with Gasteiger partial charge in [-0.1, -0.05) is 29.8 Å². The smallest absolute Gasteiger partial charge is 0.115 e. The minimum absolute atomic E-state index is 0.630. The van der Waals surface area contributed by atoms with Gasteiger partial charge in [0, 0.05) is 22.1 Å². The van der Waals surface area contributed by atoms with E-state index in [-0.39, 0.29) is 0 Å². The summed E-state index contributed by atoms with van der Waals surface area (Å²) in [6, 6.07) is 12.4. The summed E-state index contributed by atoms with van der Waals surface area (Å²) in [4.78, 5) is 5.74. The Morgan fingerprint density at radius 3 is 3.00 bits per heavy atom. The predicted octanol–water partition coefficient (Wildman–Crippen LogP) is 4.54. The van der Waals surface area contributed by atoms with Gasteiger partial charge in [0.15, 0.2) is 0 Å². The number of rotatable bonds is 3. The van der Waals surface area contributed by atoms with Gasteiger partial charge in [0.25, 0.3) is 0 Å². The number of hydrogen-bond acceptors (Lipinski definition) is 3. The van der Waals surface area contributed by atoms with Gasteiger partial charge in [-0.05, 0) is 30.2 Å². The molecule has 0 aliphatic carbocycles. The fraction of sp³-hybridized carbons (Fsp3) is 0.214. The van der Waals surface area contributed by atoms with Crippen molar-refractivity contribution in [2.24, 2.45) is 0 Å². The number of halogens is 1. The van der Waals surface area contributed by atoms with Gasteiger partial charge in [0.2, 0.25) is 0 Å². The molecule has 2 aromatic rings.